The van der Waals surface area contributed by atoms with Crippen molar-refractivity contribution >= 4 is 67.3 Å². The minimum Gasteiger partial charge on any atom is -0.468 e. The highest BCUT2D eigenvalue weighted by atomic mass is 32.2. The number of nitrogens with zero attached hydrogens (tertiary/aromatic N) is 2. The summed E-state index contributed by atoms with van der Waals surface area (Å²) in [4.78, 5) is 27.1. The number of carbonyl (C=O) groups is 2. The molecule has 40 heavy (non-hydrogen) atoms. The van der Waals surface area contributed by atoms with Crippen LogP contribution in [0.25, 0.3) is 43.6 Å². The lowest BCUT2D eigenvalue weighted by atomic mass is 9.78. The summed E-state index contributed by atoms with van der Waals surface area (Å²) in [5, 5.41) is 7.32. The lowest BCUT2D eigenvalue weighted by Crippen LogP contribution is -2.48. The first-order chi connectivity index (χ1) is 19.2. The van der Waals surface area contributed by atoms with Crippen molar-refractivity contribution < 1.29 is 19.1 Å². The van der Waals surface area contributed by atoms with Gasteiger partial charge in [-0.05, 0) is 61.9 Å². The van der Waals surface area contributed by atoms with Crippen molar-refractivity contribution in [1.82, 2.24) is 14.5 Å². The van der Waals surface area contributed by atoms with Crippen LogP contribution in [0.1, 0.15) is 60.5 Å². The van der Waals surface area contributed by atoms with Crippen molar-refractivity contribution in [3.05, 3.63) is 58.7 Å². The second-order valence-electron chi connectivity index (χ2n) is 11.8. The maximum absolute atomic E-state index is 13.6. The first-order valence-electron chi connectivity index (χ1n) is 13.9. The number of benzene rings is 3. The monoisotopic (exact) mass is 553 g/mol. The zero-order valence-electron chi connectivity index (χ0n) is 23.3. The Morgan fingerprint density at radius 1 is 1.12 bits per heavy atom. The standard InChI is InChI=1S/C32H31N3O4S/c1-6-40-15-17-8-10-22-19(12-17)24-20-14-33-29(36)26(20)25-18-11-16(2)7-9-21(18)34-23-13-31(3,30(37)38-5)32(4,39-23)35(22)28(24)27(25)34/h7-12,23H,6,13-15H2,1-5H3,(H,33,36). The Morgan fingerprint density at radius 3 is 2.67 bits per heavy atom. The molecule has 1 N–H and O–H groups in total. The highest BCUT2D eigenvalue weighted by Crippen LogP contribution is 2.61. The number of carbonyl (C=O) groups excluding carboxylic acids is 2. The molecule has 3 unspecified atom stereocenters. The summed E-state index contributed by atoms with van der Waals surface area (Å²) in [5.74, 6) is 1.64. The van der Waals surface area contributed by atoms with Crippen molar-refractivity contribution in [2.75, 3.05) is 12.9 Å². The van der Waals surface area contributed by atoms with Crippen LogP contribution < -0.4 is 5.32 Å². The molecule has 3 atom stereocenters. The number of hydrogen-bond donors (Lipinski definition) is 1. The minimum atomic E-state index is -1.02. The van der Waals surface area contributed by atoms with E-state index in [1.165, 1.54) is 12.7 Å². The molecule has 5 heterocycles. The summed E-state index contributed by atoms with van der Waals surface area (Å²) < 4.78 is 17.0. The van der Waals surface area contributed by atoms with E-state index in [2.05, 4.69) is 64.7 Å². The molecule has 5 aromatic rings. The fourth-order valence-electron chi connectivity index (χ4n) is 7.71. The van der Waals surface area contributed by atoms with Gasteiger partial charge in [0.05, 0.1) is 34.7 Å². The fraction of sp³-hybridized carbons (Fsp3) is 0.375. The topological polar surface area (TPSA) is 74.5 Å². The van der Waals surface area contributed by atoms with E-state index < -0.39 is 17.4 Å². The molecular weight excluding hydrogens is 522 g/mol. The largest absolute Gasteiger partial charge is 0.468 e. The van der Waals surface area contributed by atoms with Gasteiger partial charge in [0.2, 0.25) is 0 Å². The van der Waals surface area contributed by atoms with E-state index in [1.807, 2.05) is 25.6 Å². The second-order valence-corrected chi connectivity index (χ2v) is 13.1. The molecule has 0 aliphatic carbocycles. The van der Waals surface area contributed by atoms with Crippen molar-refractivity contribution in [2.24, 2.45) is 5.41 Å². The van der Waals surface area contributed by atoms with Gasteiger partial charge in [0.25, 0.3) is 5.91 Å². The fourth-order valence-corrected chi connectivity index (χ4v) is 8.33. The van der Waals surface area contributed by atoms with Gasteiger partial charge in [-0.15, -0.1) is 0 Å². The molecule has 0 spiro atoms. The van der Waals surface area contributed by atoms with Gasteiger partial charge in [0, 0.05) is 40.3 Å². The van der Waals surface area contributed by atoms with Gasteiger partial charge >= 0.3 is 5.97 Å². The average molecular weight is 554 g/mol. The molecule has 3 aromatic carbocycles. The van der Waals surface area contributed by atoms with Crippen LogP contribution in [0, 0.1) is 12.3 Å². The smallest absolute Gasteiger partial charge is 0.316 e. The Morgan fingerprint density at radius 2 is 1.90 bits per heavy atom. The van der Waals surface area contributed by atoms with E-state index in [1.54, 1.807) is 0 Å². The zero-order chi connectivity index (χ0) is 27.7. The Balaban J connectivity index is 1.66. The van der Waals surface area contributed by atoms with Crippen LogP contribution >= 0.6 is 11.8 Å². The van der Waals surface area contributed by atoms with Crippen LogP contribution in [0.2, 0.25) is 0 Å². The predicted molar refractivity (Wildman–Crippen MR) is 159 cm³/mol. The van der Waals surface area contributed by atoms with Gasteiger partial charge in [-0.2, -0.15) is 11.8 Å². The number of aryl methyl sites for hydroxylation is 1. The maximum atomic E-state index is 13.6. The van der Waals surface area contributed by atoms with Gasteiger partial charge in [0.15, 0.2) is 5.72 Å². The minimum absolute atomic E-state index is 0.0306. The van der Waals surface area contributed by atoms with Crippen LogP contribution in [-0.4, -0.2) is 33.9 Å². The Labute approximate surface area is 235 Å². The molecule has 7 nitrogen and oxygen atoms in total. The Kier molecular flexibility index (Phi) is 4.76. The molecule has 2 aromatic heterocycles. The van der Waals surface area contributed by atoms with Crippen LogP contribution in [0.5, 0.6) is 0 Å². The molecule has 3 aliphatic rings. The summed E-state index contributed by atoms with van der Waals surface area (Å²) in [7, 11) is 1.46. The molecule has 1 amide bonds. The third-order valence-electron chi connectivity index (χ3n) is 9.72. The van der Waals surface area contributed by atoms with Crippen molar-refractivity contribution in [3.63, 3.8) is 0 Å². The molecule has 204 valence electrons. The number of ether oxygens (including phenoxy) is 2. The molecular formula is C32H31N3O4S. The Bertz CT molecular complexity index is 1990. The number of thioether (sulfide) groups is 1. The summed E-state index contributed by atoms with van der Waals surface area (Å²) in [6.45, 7) is 8.73. The normalized spacial score (nSPS) is 24.9. The summed E-state index contributed by atoms with van der Waals surface area (Å²) in [6, 6.07) is 13.0. The summed E-state index contributed by atoms with van der Waals surface area (Å²) >= 11 is 1.89. The van der Waals surface area contributed by atoms with E-state index in [-0.39, 0.29) is 11.9 Å². The van der Waals surface area contributed by atoms with E-state index in [0.29, 0.717) is 13.0 Å². The van der Waals surface area contributed by atoms with Gasteiger partial charge < -0.3 is 23.9 Å². The molecule has 8 heteroatoms. The predicted octanol–water partition coefficient (Wildman–Crippen LogP) is 6.49. The third-order valence-corrected chi connectivity index (χ3v) is 10.7. The highest BCUT2D eigenvalue weighted by Gasteiger charge is 2.63. The molecule has 0 radical (unpaired) electrons. The van der Waals surface area contributed by atoms with Crippen molar-refractivity contribution in [2.45, 2.75) is 58.4 Å². The third kappa shape index (κ3) is 2.67. The average Bonchev–Trinajstić information content (AvgIpc) is 3.63. The summed E-state index contributed by atoms with van der Waals surface area (Å²) in [5.41, 5.74) is 6.24. The lowest BCUT2D eigenvalue weighted by Gasteiger charge is -2.39. The van der Waals surface area contributed by atoms with Crippen LogP contribution in [-0.2, 0) is 32.3 Å². The van der Waals surface area contributed by atoms with Crippen LogP contribution in [0.15, 0.2) is 36.4 Å². The number of fused-ring (bicyclic) bond motifs is 13. The van der Waals surface area contributed by atoms with Crippen molar-refractivity contribution in [3.8, 4) is 0 Å². The number of esters is 1. The number of aromatic nitrogens is 2. The quantitative estimate of drug-likeness (QED) is 0.258. The van der Waals surface area contributed by atoms with E-state index >= 15 is 0 Å². The molecule has 0 saturated carbocycles. The van der Waals surface area contributed by atoms with Crippen LogP contribution in [0.4, 0.5) is 0 Å². The first-order valence-corrected chi connectivity index (χ1v) is 15.1. The van der Waals surface area contributed by atoms with E-state index in [4.69, 9.17) is 9.47 Å². The number of methoxy groups -OCH3 is 1. The Hall–Kier alpha value is -3.49. The molecule has 1 saturated heterocycles. The summed E-state index contributed by atoms with van der Waals surface area (Å²) in [6.07, 6.45) is 0.0515. The number of nitrogens with one attached hydrogen (secondary N) is 1. The zero-order valence-corrected chi connectivity index (χ0v) is 24.1. The highest BCUT2D eigenvalue weighted by molar-refractivity contribution is 7.98. The van der Waals surface area contributed by atoms with E-state index in [0.717, 1.165) is 71.8 Å². The van der Waals surface area contributed by atoms with Crippen LogP contribution in [0.3, 0.4) is 0 Å². The SMILES string of the molecule is CCSCc1ccc2c(c1)c1c3c(c4c5cc(C)ccc5n5c4c1n2C1(C)OC5CC1(C)C(=O)OC)C(=O)NC3. The number of amides is 1. The molecule has 8 rings (SSSR count). The first kappa shape index (κ1) is 24.3. The van der Waals surface area contributed by atoms with Gasteiger partial charge in [-0.25, -0.2) is 0 Å². The van der Waals surface area contributed by atoms with Gasteiger partial charge in [-0.3, -0.25) is 9.59 Å². The second kappa shape index (κ2) is 7.83. The lowest BCUT2D eigenvalue weighted by molar-refractivity contribution is -0.178. The maximum Gasteiger partial charge on any atom is 0.316 e. The molecule has 3 aliphatic heterocycles. The van der Waals surface area contributed by atoms with Crippen molar-refractivity contribution in [1.29, 1.82) is 0 Å². The molecule has 2 bridgehead atoms. The van der Waals surface area contributed by atoms with Gasteiger partial charge in [-0.1, -0.05) is 24.6 Å². The number of hydrogen-bond acceptors (Lipinski definition) is 5. The molecule has 1 fully saturated rings. The number of rotatable bonds is 4. The van der Waals surface area contributed by atoms with E-state index in [9.17, 15) is 9.59 Å². The van der Waals surface area contributed by atoms with Gasteiger partial charge in [0.1, 0.15) is 11.6 Å².